The highest BCUT2D eigenvalue weighted by Gasteiger charge is 2.43. The van der Waals surface area contributed by atoms with E-state index in [1.807, 2.05) is 13.8 Å². The van der Waals surface area contributed by atoms with Crippen LogP contribution in [0.2, 0.25) is 6.04 Å². The SMILES string of the molecule is CO[Si]1(CCCCl)OC(C)COCC(C)O1. The van der Waals surface area contributed by atoms with Crippen molar-refractivity contribution in [1.29, 1.82) is 0 Å². The summed E-state index contributed by atoms with van der Waals surface area (Å²) in [5.74, 6) is 0.601. The van der Waals surface area contributed by atoms with Crippen LogP contribution in [0, 0.1) is 0 Å². The maximum absolute atomic E-state index is 5.91. The second-order valence-electron chi connectivity index (χ2n) is 4.07. The summed E-state index contributed by atoms with van der Waals surface area (Å²) in [6.45, 7) is 5.13. The van der Waals surface area contributed by atoms with Gasteiger partial charge in [0.15, 0.2) is 0 Å². The zero-order chi connectivity index (χ0) is 12.0. The summed E-state index contributed by atoms with van der Waals surface area (Å²) in [5, 5.41) is 0. The van der Waals surface area contributed by atoms with Crippen LogP contribution in [0.1, 0.15) is 20.3 Å². The molecular weight excluding hydrogens is 248 g/mol. The molecule has 0 radical (unpaired) electrons. The first-order valence-corrected chi connectivity index (χ1v) is 8.13. The second-order valence-corrected chi connectivity index (χ2v) is 7.20. The largest absolute Gasteiger partial charge is 0.501 e. The third-order valence-electron chi connectivity index (χ3n) is 2.39. The summed E-state index contributed by atoms with van der Waals surface area (Å²) in [5.41, 5.74) is 0. The van der Waals surface area contributed by atoms with Gasteiger partial charge in [-0.1, -0.05) is 0 Å². The van der Waals surface area contributed by atoms with Gasteiger partial charge in [-0.2, -0.15) is 0 Å². The zero-order valence-electron chi connectivity index (χ0n) is 10.2. The number of rotatable bonds is 4. The fraction of sp³-hybridized carbons (Fsp3) is 1.00. The first-order chi connectivity index (χ1) is 7.62. The molecule has 1 aliphatic heterocycles. The van der Waals surface area contributed by atoms with Crippen molar-refractivity contribution in [2.45, 2.75) is 38.5 Å². The van der Waals surface area contributed by atoms with Crippen molar-refractivity contribution in [2.24, 2.45) is 0 Å². The van der Waals surface area contributed by atoms with Gasteiger partial charge in [-0.25, -0.2) is 0 Å². The quantitative estimate of drug-likeness (QED) is 0.578. The average molecular weight is 269 g/mol. The van der Waals surface area contributed by atoms with Gasteiger partial charge in [-0.3, -0.25) is 0 Å². The van der Waals surface area contributed by atoms with Gasteiger partial charge in [0.25, 0.3) is 0 Å². The Morgan fingerprint density at radius 1 is 1.25 bits per heavy atom. The van der Waals surface area contributed by atoms with Gasteiger partial charge in [0.2, 0.25) is 0 Å². The van der Waals surface area contributed by atoms with Crippen molar-refractivity contribution in [1.82, 2.24) is 0 Å². The lowest BCUT2D eigenvalue weighted by Gasteiger charge is -2.35. The molecule has 1 aliphatic rings. The monoisotopic (exact) mass is 268 g/mol. The molecule has 0 amide bonds. The normalized spacial score (nSPS) is 36.8. The highest BCUT2D eigenvalue weighted by Crippen LogP contribution is 2.23. The van der Waals surface area contributed by atoms with Gasteiger partial charge in [0.05, 0.1) is 25.4 Å². The Morgan fingerprint density at radius 3 is 2.25 bits per heavy atom. The number of ether oxygens (including phenoxy) is 1. The molecular formula is C10H21ClO4Si. The maximum Gasteiger partial charge on any atom is 0.501 e. The van der Waals surface area contributed by atoms with Gasteiger partial charge < -0.3 is 18.0 Å². The zero-order valence-corrected chi connectivity index (χ0v) is 12.0. The summed E-state index contributed by atoms with van der Waals surface area (Å²) >= 11 is 5.72. The number of alkyl halides is 1. The molecule has 0 aromatic heterocycles. The smallest absolute Gasteiger partial charge is 0.377 e. The molecule has 96 valence electrons. The lowest BCUT2D eigenvalue weighted by atomic mass is 10.4. The maximum atomic E-state index is 5.91. The topological polar surface area (TPSA) is 36.9 Å². The first kappa shape index (κ1) is 14.4. The number of hydrogen-bond donors (Lipinski definition) is 0. The molecule has 2 atom stereocenters. The van der Waals surface area contributed by atoms with Crippen LogP contribution < -0.4 is 0 Å². The Morgan fingerprint density at radius 2 is 1.81 bits per heavy atom. The molecule has 0 spiro atoms. The van der Waals surface area contributed by atoms with E-state index in [1.165, 1.54) is 0 Å². The van der Waals surface area contributed by atoms with Crippen LogP contribution in [0.5, 0.6) is 0 Å². The van der Waals surface area contributed by atoms with Crippen molar-refractivity contribution < 1.29 is 18.0 Å². The Kier molecular flexibility index (Phi) is 6.24. The van der Waals surface area contributed by atoms with Crippen LogP contribution in [0.3, 0.4) is 0 Å². The third kappa shape index (κ3) is 4.31. The summed E-state index contributed by atoms with van der Waals surface area (Å²) in [4.78, 5) is 0. The minimum absolute atomic E-state index is 0.00874. The standard InChI is InChI=1S/C10H21ClO4Si/c1-9-7-13-8-10(2)15-16(12-3,14-9)6-4-5-11/h9-10H,4-8H2,1-3H3. The molecule has 2 unspecified atom stereocenters. The fourth-order valence-electron chi connectivity index (χ4n) is 1.71. The van der Waals surface area contributed by atoms with E-state index in [9.17, 15) is 0 Å². The van der Waals surface area contributed by atoms with Gasteiger partial charge in [-0.05, 0) is 20.3 Å². The Labute approximate surface area is 104 Å². The molecule has 1 fully saturated rings. The minimum atomic E-state index is -2.55. The molecule has 0 aromatic rings. The molecule has 4 nitrogen and oxygen atoms in total. The molecule has 0 N–H and O–H groups in total. The highest BCUT2D eigenvalue weighted by atomic mass is 35.5. The van der Waals surface area contributed by atoms with Crippen LogP contribution in [0.4, 0.5) is 0 Å². The van der Waals surface area contributed by atoms with Gasteiger partial charge in [0, 0.05) is 19.0 Å². The molecule has 1 rings (SSSR count). The van der Waals surface area contributed by atoms with Crippen LogP contribution >= 0.6 is 11.6 Å². The summed E-state index contributed by atoms with van der Waals surface area (Å²) in [6, 6.07) is 0.766. The van der Waals surface area contributed by atoms with Gasteiger partial charge in [-0.15, -0.1) is 11.6 Å². The van der Waals surface area contributed by atoms with E-state index in [4.69, 9.17) is 29.6 Å². The molecule has 6 heteroatoms. The molecule has 0 aliphatic carbocycles. The predicted octanol–water partition coefficient (Wildman–Crippen LogP) is 2.04. The summed E-state index contributed by atoms with van der Waals surface area (Å²) < 4.78 is 22.8. The molecule has 1 saturated heterocycles. The number of hydrogen-bond acceptors (Lipinski definition) is 4. The molecule has 1 heterocycles. The highest BCUT2D eigenvalue weighted by molar-refractivity contribution is 6.60. The predicted molar refractivity (Wildman–Crippen MR) is 64.8 cm³/mol. The first-order valence-electron chi connectivity index (χ1n) is 5.66. The Hall–Kier alpha value is 0.347. The van der Waals surface area contributed by atoms with Crippen molar-refractivity contribution in [2.75, 3.05) is 26.2 Å². The molecule has 0 bridgehead atoms. The van der Waals surface area contributed by atoms with Crippen LogP contribution in [-0.2, 0) is 18.0 Å². The van der Waals surface area contributed by atoms with Crippen molar-refractivity contribution in [3.8, 4) is 0 Å². The van der Waals surface area contributed by atoms with E-state index < -0.39 is 8.80 Å². The van der Waals surface area contributed by atoms with Crippen LogP contribution in [0.25, 0.3) is 0 Å². The summed E-state index contributed by atoms with van der Waals surface area (Å²) in [6.07, 6.45) is 0.867. The molecule has 0 aromatic carbocycles. The average Bonchev–Trinajstić information content (AvgIpc) is 2.23. The minimum Gasteiger partial charge on any atom is -0.377 e. The van der Waals surface area contributed by atoms with E-state index in [0.717, 1.165) is 12.5 Å². The third-order valence-corrected chi connectivity index (χ3v) is 5.77. The second kappa shape index (κ2) is 6.93. The molecule has 0 saturated carbocycles. The van der Waals surface area contributed by atoms with Crippen molar-refractivity contribution in [3.05, 3.63) is 0 Å². The molecule has 16 heavy (non-hydrogen) atoms. The van der Waals surface area contributed by atoms with E-state index in [2.05, 4.69) is 0 Å². The Bertz CT molecular complexity index is 193. The fourth-order valence-corrected chi connectivity index (χ4v) is 4.73. The van der Waals surface area contributed by atoms with Crippen LogP contribution in [-0.4, -0.2) is 47.2 Å². The summed E-state index contributed by atoms with van der Waals surface area (Å²) in [7, 11) is -0.896. The van der Waals surface area contributed by atoms with Gasteiger partial charge in [0.1, 0.15) is 0 Å². The lowest BCUT2D eigenvalue weighted by molar-refractivity contribution is -0.0674. The van der Waals surface area contributed by atoms with E-state index >= 15 is 0 Å². The van der Waals surface area contributed by atoms with E-state index in [1.54, 1.807) is 7.11 Å². The van der Waals surface area contributed by atoms with E-state index in [0.29, 0.717) is 19.1 Å². The van der Waals surface area contributed by atoms with E-state index in [-0.39, 0.29) is 12.2 Å². The van der Waals surface area contributed by atoms with Gasteiger partial charge >= 0.3 is 8.80 Å². The lowest BCUT2D eigenvalue weighted by Crippen LogP contribution is -2.52. The number of halogens is 1. The van der Waals surface area contributed by atoms with Crippen molar-refractivity contribution >= 4 is 20.4 Å². The van der Waals surface area contributed by atoms with Crippen LogP contribution in [0.15, 0.2) is 0 Å². The van der Waals surface area contributed by atoms with Crippen molar-refractivity contribution in [3.63, 3.8) is 0 Å². The Balaban J connectivity index is 2.66.